The van der Waals surface area contributed by atoms with Crippen LogP contribution in [0.25, 0.3) is 0 Å². The van der Waals surface area contributed by atoms with E-state index in [0.717, 1.165) is 31.9 Å². The molecule has 0 spiro atoms. The highest BCUT2D eigenvalue weighted by Crippen LogP contribution is 2.24. The van der Waals surface area contributed by atoms with Crippen molar-refractivity contribution >= 4 is 35.1 Å². The average molecular weight is 442 g/mol. The molecule has 2 aromatic carbocycles. The van der Waals surface area contributed by atoms with Crippen molar-refractivity contribution in [3.05, 3.63) is 64.7 Å². The van der Waals surface area contributed by atoms with Crippen molar-refractivity contribution in [1.82, 2.24) is 9.80 Å². The number of hydrogen-bond donors (Lipinski definition) is 0. The smallest absolute Gasteiger partial charge is 0.303 e. The number of rotatable bonds is 6. The number of fused-ring (bicyclic) bond motifs is 1. The lowest BCUT2D eigenvalue weighted by molar-refractivity contribution is -0.147. The van der Waals surface area contributed by atoms with Crippen LogP contribution in [0.4, 0.5) is 5.69 Å². The van der Waals surface area contributed by atoms with E-state index in [0.29, 0.717) is 22.7 Å². The third-order valence-electron chi connectivity index (χ3n) is 5.60. The zero-order valence-electron chi connectivity index (χ0n) is 17.3. The summed E-state index contributed by atoms with van der Waals surface area (Å²) in [5.41, 5.74) is 1.86. The van der Waals surface area contributed by atoms with Crippen LogP contribution in [0.15, 0.2) is 48.5 Å². The molecule has 2 aliphatic heterocycles. The number of esters is 1. The summed E-state index contributed by atoms with van der Waals surface area (Å²) in [6.45, 7) is 4.99. The third kappa shape index (κ3) is 4.73. The van der Waals surface area contributed by atoms with E-state index in [4.69, 9.17) is 16.3 Å². The second kappa shape index (κ2) is 9.08. The molecule has 162 valence electrons. The molecule has 2 aromatic rings. The van der Waals surface area contributed by atoms with Gasteiger partial charge in [0, 0.05) is 50.4 Å². The topological polar surface area (TPSA) is 70.2 Å². The van der Waals surface area contributed by atoms with Gasteiger partial charge in [-0.1, -0.05) is 29.8 Å². The summed E-state index contributed by atoms with van der Waals surface area (Å²) < 4.78 is 5.48. The van der Waals surface area contributed by atoms with Gasteiger partial charge in [-0.3, -0.25) is 24.2 Å². The zero-order chi connectivity index (χ0) is 22.0. The number of amides is 2. The lowest BCUT2D eigenvalue weighted by Crippen LogP contribution is -2.51. The van der Waals surface area contributed by atoms with Gasteiger partial charge in [0.2, 0.25) is 0 Å². The van der Waals surface area contributed by atoms with Gasteiger partial charge in [0.25, 0.3) is 11.8 Å². The van der Waals surface area contributed by atoms with E-state index in [1.807, 2.05) is 24.3 Å². The monoisotopic (exact) mass is 441 g/mol. The van der Waals surface area contributed by atoms with Crippen LogP contribution >= 0.6 is 11.6 Å². The molecular weight excluding hydrogens is 418 g/mol. The van der Waals surface area contributed by atoms with Gasteiger partial charge >= 0.3 is 5.97 Å². The van der Waals surface area contributed by atoms with Gasteiger partial charge in [0.15, 0.2) is 0 Å². The fraction of sp³-hybridized carbons (Fsp3) is 0.348. The second-order valence-electron chi connectivity index (χ2n) is 7.77. The fourth-order valence-electron chi connectivity index (χ4n) is 4.13. The van der Waals surface area contributed by atoms with Crippen molar-refractivity contribution in [1.29, 1.82) is 0 Å². The Hall–Kier alpha value is -2.90. The normalized spacial score (nSPS) is 17.6. The molecule has 0 aromatic heterocycles. The highest BCUT2D eigenvalue weighted by atomic mass is 35.5. The Morgan fingerprint density at radius 2 is 1.61 bits per heavy atom. The summed E-state index contributed by atoms with van der Waals surface area (Å²) in [5, 5.41) is 0.704. The van der Waals surface area contributed by atoms with Gasteiger partial charge in [-0.25, -0.2) is 0 Å². The van der Waals surface area contributed by atoms with Gasteiger partial charge in [0.1, 0.15) is 6.10 Å². The van der Waals surface area contributed by atoms with Crippen molar-refractivity contribution in [2.75, 3.05) is 44.2 Å². The maximum absolute atomic E-state index is 12.7. The minimum Gasteiger partial charge on any atom is -0.459 e. The number of carbonyl (C=O) groups excluding carboxylic acids is 3. The molecule has 31 heavy (non-hydrogen) atoms. The van der Waals surface area contributed by atoms with E-state index >= 15 is 0 Å². The van der Waals surface area contributed by atoms with Crippen LogP contribution in [0.5, 0.6) is 0 Å². The molecule has 2 amide bonds. The van der Waals surface area contributed by atoms with Gasteiger partial charge in [0.05, 0.1) is 17.7 Å². The molecule has 0 N–H and O–H groups in total. The third-order valence-corrected chi connectivity index (χ3v) is 5.84. The number of ether oxygens (including phenoxy) is 1. The van der Waals surface area contributed by atoms with Crippen molar-refractivity contribution in [3.63, 3.8) is 0 Å². The molecule has 7 nitrogen and oxygen atoms in total. The van der Waals surface area contributed by atoms with E-state index in [1.165, 1.54) is 11.8 Å². The number of halogens is 1. The van der Waals surface area contributed by atoms with E-state index in [9.17, 15) is 14.4 Å². The van der Waals surface area contributed by atoms with Gasteiger partial charge in [-0.2, -0.15) is 0 Å². The molecule has 2 heterocycles. The van der Waals surface area contributed by atoms with Crippen LogP contribution in [0.1, 0.15) is 27.6 Å². The first kappa shape index (κ1) is 21.3. The van der Waals surface area contributed by atoms with E-state index in [1.54, 1.807) is 24.3 Å². The molecule has 1 saturated heterocycles. The molecular formula is C23H24ClN3O4. The van der Waals surface area contributed by atoms with E-state index < -0.39 is 12.1 Å². The summed E-state index contributed by atoms with van der Waals surface area (Å²) in [5.74, 6) is -1.12. The number of nitrogens with zero attached hydrogens (tertiary/aromatic N) is 3. The van der Waals surface area contributed by atoms with Crippen LogP contribution in [-0.4, -0.2) is 73.0 Å². The highest BCUT2D eigenvalue weighted by molar-refractivity contribution is 6.30. The predicted octanol–water partition coefficient (Wildman–Crippen LogP) is 2.69. The lowest BCUT2D eigenvalue weighted by atomic mass is 10.1. The highest BCUT2D eigenvalue weighted by Gasteiger charge is 2.37. The summed E-state index contributed by atoms with van der Waals surface area (Å²) in [6, 6.07) is 14.5. The Balaban J connectivity index is 1.39. The van der Waals surface area contributed by atoms with Crippen LogP contribution in [0, 0.1) is 0 Å². The Kier molecular flexibility index (Phi) is 6.25. The minimum absolute atomic E-state index is 0.0421. The van der Waals surface area contributed by atoms with Gasteiger partial charge in [-0.05, 0) is 30.3 Å². The number of carbonyl (C=O) groups is 3. The molecule has 0 saturated carbocycles. The summed E-state index contributed by atoms with van der Waals surface area (Å²) in [4.78, 5) is 42.7. The van der Waals surface area contributed by atoms with Crippen molar-refractivity contribution in [3.8, 4) is 0 Å². The largest absolute Gasteiger partial charge is 0.459 e. The second-order valence-corrected chi connectivity index (χ2v) is 8.20. The van der Waals surface area contributed by atoms with Crippen molar-refractivity contribution in [2.24, 2.45) is 0 Å². The van der Waals surface area contributed by atoms with Gasteiger partial charge in [-0.15, -0.1) is 0 Å². The van der Waals surface area contributed by atoms with E-state index in [-0.39, 0.29) is 18.4 Å². The standard InChI is InChI=1S/C23H24ClN3O4/c1-16(28)31-19(15-27-22(29)20-7-2-3-8-21(20)23(27)30)14-25-9-11-26(12-10-25)18-6-4-5-17(24)13-18/h2-8,13,19H,9-12,14-15H2,1H3. The fourth-order valence-corrected chi connectivity index (χ4v) is 4.31. The lowest BCUT2D eigenvalue weighted by Gasteiger charge is -2.37. The Bertz CT molecular complexity index is 969. The Morgan fingerprint density at radius 1 is 0.968 bits per heavy atom. The van der Waals surface area contributed by atoms with Crippen molar-refractivity contribution < 1.29 is 19.1 Å². The number of imide groups is 1. The average Bonchev–Trinajstić information content (AvgIpc) is 2.99. The van der Waals surface area contributed by atoms with E-state index in [2.05, 4.69) is 9.80 Å². The first-order chi connectivity index (χ1) is 14.9. The molecule has 1 atom stereocenters. The number of benzene rings is 2. The summed E-state index contributed by atoms with van der Waals surface area (Å²) in [6.07, 6.45) is -0.586. The quantitative estimate of drug-likeness (QED) is 0.507. The Morgan fingerprint density at radius 3 is 2.19 bits per heavy atom. The maximum Gasteiger partial charge on any atom is 0.303 e. The minimum atomic E-state index is -0.586. The maximum atomic E-state index is 12.7. The Labute approximate surface area is 186 Å². The number of hydrogen-bond acceptors (Lipinski definition) is 6. The van der Waals surface area contributed by atoms with Gasteiger partial charge < -0.3 is 9.64 Å². The number of anilines is 1. The van der Waals surface area contributed by atoms with Crippen LogP contribution in [0.3, 0.4) is 0 Å². The summed E-state index contributed by atoms with van der Waals surface area (Å²) >= 11 is 6.10. The molecule has 1 unspecified atom stereocenters. The van der Waals surface area contributed by atoms with Crippen LogP contribution in [0.2, 0.25) is 5.02 Å². The molecule has 2 aliphatic rings. The zero-order valence-corrected chi connectivity index (χ0v) is 18.0. The molecule has 0 radical (unpaired) electrons. The number of piperazine rings is 1. The molecule has 0 aliphatic carbocycles. The molecule has 1 fully saturated rings. The first-order valence-corrected chi connectivity index (χ1v) is 10.7. The van der Waals surface area contributed by atoms with Crippen LogP contribution in [-0.2, 0) is 9.53 Å². The summed E-state index contributed by atoms with van der Waals surface area (Å²) in [7, 11) is 0. The first-order valence-electron chi connectivity index (χ1n) is 10.3. The van der Waals surface area contributed by atoms with Crippen LogP contribution < -0.4 is 4.90 Å². The molecule has 8 heteroatoms. The SMILES string of the molecule is CC(=O)OC(CN1CCN(c2cccc(Cl)c2)CC1)CN1C(=O)c2ccccc2C1=O. The van der Waals surface area contributed by atoms with Crippen molar-refractivity contribution in [2.45, 2.75) is 13.0 Å². The molecule has 4 rings (SSSR count). The molecule has 0 bridgehead atoms. The predicted molar refractivity (Wildman–Crippen MR) is 117 cm³/mol.